The predicted molar refractivity (Wildman–Crippen MR) is 61.0 cm³/mol. The van der Waals surface area contributed by atoms with Crippen LogP contribution in [0.15, 0.2) is 24.4 Å². The standard InChI is InChI=1S/C12H14N2O/c1-8-4-3-5-9-10(11(15)6-13)7-14(2)12(8)9/h3-5,7H,6,13H2,1-2H3. The van der Waals surface area contributed by atoms with Crippen molar-refractivity contribution in [2.75, 3.05) is 6.54 Å². The molecule has 2 rings (SSSR count). The molecule has 0 aliphatic carbocycles. The Morgan fingerprint density at radius 2 is 2.20 bits per heavy atom. The van der Waals surface area contributed by atoms with Crippen molar-refractivity contribution in [2.24, 2.45) is 12.8 Å². The number of fused-ring (bicyclic) bond motifs is 1. The second-order valence-electron chi connectivity index (χ2n) is 3.75. The quantitative estimate of drug-likeness (QED) is 0.752. The van der Waals surface area contributed by atoms with Crippen molar-refractivity contribution in [1.82, 2.24) is 4.57 Å². The largest absolute Gasteiger partial charge is 0.350 e. The van der Waals surface area contributed by atoms with E-state index in [2.05, 4.69) is 0 Å². The SMILES string of the molecule is Cc1cccc2c(C(=O)CN)cn(C)c12. The highest BCUT2D eigenvalue weighted by molar-refractivity contribution is 6.09. The maximum atomic E-state index is 11.6. The number of hydrogen-bond acceptors (Lipinski definition) is 2. The fourth-order valence-electron chi connectivity index (χ4n) is 2.00. The molecule has 78 valence electrons. The van der Waals surface area contributed by atoms with Gasteiger partial charge in [0.15, 0.2) is 5.78 Å². The van der Waals surface area contributed by atoms with E-state index in [0.29, 0.717) is 0 Å². The van der Waals surface area contributed by atoms with Crippen LogP contribution in [-0.4, -0.2) is 16.9 Å². The summed E-state index contributed by atoms with van der Waals surface area (Å²) in [6, 6.07) is 5.97. The zero-order valence-electron chi connectivity index (χ0n) is 8.95. The zero-order valence-corrected chi connectivity index (χ0v) is 8.95. The predicted octanol–water partition coefficient (Wildman–Crippen LogP) is 1.63. The van der Waals surface area contributed by atoms with Gasteiger partial charge in [0.2, 0.25) is 0 Å². The van der Waals surface area contributed by atoms with Crippen molar-refractivity contribution in [3.63, 3.8) is 0 Å². The number of rotatable bonds is 2. The van der Waals surface area contributed by atoms with E-state index in [9.17, 15) is 4.79 Å². The molecule has 2 aromatic rings. The molecule has 0 atom stereocenters. The fourth-order valence-corrected chi connectivity index (χ4v) is 2.00. The fraction of sp³-hybridized carbons (Fsp3) is 0.250. The third kappa shape index (κ3) is 1.45. The van der Waals surface area contributed by atoms with Gasteiger partial charge in [-0.05, 0) is 12.5 Å². The van der Waals surface area contributed by atoms with E-state index in [1.807, 2.05) is 42.9 Å². The van der Waals surface area contributed by atoms with E-state index >= 15 is 0 Å². The van der Waals surface area contributed by atoms with E-state index in [1.165, 1.54) is 5.56 Å². The molecule has 0 unspecified atom stereocenters. The first-order valence-electron chi connectivity index (χ1n) is 4.93. The third-order valence-electron chi connectivity index (χ3n) is 2.69. The van der Waals surface area contributed by atoms with Gasteiger partial charge >= 0.3 is 0 Å². The smallest absolute Gasteiger partial charge is 0.178 e. The normalized spacial score (nSPS) is 10.9. The number of carbonyl (C=O) groups is 1. The van der Waals surface area contributed by atoms with Gasteiger partial charge in [0.25, 0.3) is 0 Å². The number of aromatic nitrogens is 1. The summed E-state index contributed by atoms with van der Waals surface area (Å²) in [5, 5.41) is 0.993. The molecule has 0 saturated heterocycles. The summed E-state index contributed by atoms with van der Waals surface area (Å²) < 4.78 is 1.98. The molecule has 2 N–H and O–H groups in total. The van der Waals surface area contributed by atoms with E-state index < -0.39 is 0 Å². The number of para-hydroxylation sites is 1. The highest BCUT2D eigenvalue weighted by atomic mass is 16.1. The Morgan fingerprint density at radius 3 is 2.87 bits per heavy atom. The van der Waals surface area contributed by atoms with Crippen LogP contribution in [0.5, 0.6) is 0 Å². The first kappa shape index (κ1) is 9.93. The number of hydrogen-bond donors (Lipinski definition) is 1. The minimum absolute atomic E-state index is 0.00815. The molecule has 0 saturated carbocycles. The molecule has 0 bridgehead atoms. The van der Waals surface area contributed by atoms with Crippen molar-refractivity contribution in [1.29, 1.82) is 0 Å². The monoisotopic (exact) mass is 202 g/mol. The van der Waals surface area contributed by atoms with Crippen molar-refractivity contribution < 1.29 is 4.79 Å². The summed E-state index contributed by atoms with van der Waals surface area (Å²) in [5.74, 6) is -0.00815. The molecule has 3 heteroatoms. The van der Waals surface area contributed by atoms with Gasteiger partial charge in [-0.3, -0.25) is 4.79 Å². The molecular weight excluding hydrogens is 188 g/mol. The van der Waals surface area contributed by atoms with Crippen LogP contribution in [0, 0.1) is 6.92 Å². The lowest BCUT2D eigenvalue weighted by Crippen LogP contribution is -2.13. The van der Waals surface area contributed by atoms with E-state index in [0.717, 1.165) is 16.5 Å². The van der Waals surface area contributed by atoms with Crippen LogP contribution in [0.25, 0.3) is 10.9 Å². The highest BCUT2D eigenvalue weighted by Gasteiger charge is 2.12. The summed E-state index contributed by atoms with van der Waals surface area (Å²) in [7, 11) is 1.95. The first-order valence-corrected chi connectivity index (χ1v) is 4.93. The van der Waals surface area contributed by atoms with Crippen LogP contribution in [0.4, 0.5) is 0 Å². The zero-order chi connectivity index (χ0) is 11.0. The number of nitrogens with zero attached hydrogens (tertiary/aromatic N) is 1. The Kier molecular flexibility index (Phi) is 2.32. The average molecular weight is 202 g/mol. The van der Waals surface area contributed by atoms with Gasteiger partial charge in [0, 0.05) is 24.2 Å². The molecule has 0 aliphatic rings. The summed E-state index contributed by atoms with van der Waals surface area (Å²) in [5.41, 5.74) is 8.38. The summed E-state index contributed by atoms with van der Waals surface area (Å²) >= 11 is 0. The number of Topliss-reactive ketones (excluding diaryl/α,β-unsaturated/α-hetero) is 1. The van der Waals surface area contributed by atoms with Crippen molar-refractivity contribution in [2.45, 2.75) is 6.92 Å². The van der Waals surface area contributed by atoms with Crippen molar-refractivity contribution >= 4 is 16.7 Å². The van der Waals surface area contributed by atoms with Crippen LogP contribution in [0.2, 0.25) is 0 Å². The summed E-state index contributed by atoms with van der Waals surface area (Å²) in [6.07, 6.45) is 1.85. The molecule has 3 nitrogen and oxygen atoms in total. The Balaban J connectivity index is 2.79. The van der Waals surface area contributed by atoms with Crippen LogP contribution < -0.4 is 5.73 Å². The number of nitrogens with two attached hydrogens (primary N) is 1. The molecule has 0 amide bonds. The molecular formula is C12H14N2O. The number of carbonyl (C=O) groups excluding carboxylic acids is 1. The van der Waals surface area contributed by atoms with Gasteiger partial charge < -0.3 is 10.3 Å². The molecule has 0 fully saturated rings. The molecule has 0 radical (unpaired) electrons. The van der Waals surface area contributed by atoms with Gasteiger partial charge in [-0.15, -0.1) is 0 Å². The second kappa shape index (κ2) is 3.51. The van der Waals surface area contributed by atoms with E-state index in [-0.39, 0.29) is 12.3 Å². The van der Waals surface area contributed by atoms with Gasteiger partial charge in [-0.1, -0.05) is 18.2 Å². The lowest BCUT2D eigenvalue weighted by atomic mass is 10.1. The van der Waals surface area contributed by atoms with E-state index in [4.69, 9.17) is 5.73 Å². The summed E-state index contributed by atoms with van der Waals surface area (Å²) in [4.78, 5) is 11.6. The Labute approximate surface area is 88.5 Å². The van der Waals surface area contributed by atoms with Gasteiger partial charge in [-0.2, -0.15) is 0 Å². The van der Waals surface area contributed by atoms with Gasteiger partial charge in [0.05, 0.1) is 12.1 Å². The lowest BCUT2D eigenvalue weighted by Gasteiger charge is -1.99. The Hall–Kier alpha value is -1.61. The number of aryl methyl sites for hydroxylation is 2. The lowest BCUT2D eigenvalue weighted by molar-refractivity contribution is 0.100. The molecule has 0 aliphatic heterocycles. The first-order chi connectivity index (χ1) is 7.15. The van der Waals surface area contributed by atoms with Crippen LogP contribution >= 0.6 is 0 Å². The number of ketones is 1. The van der Waals surface area contributed by atoms with Gasteiger partial charge in [-0.25, -0.2) is 0 Å². The number of benzene rings is 1. The third-order valence-corrected chi connectivity index (χ3v) is 2.69. The second-order valence-corrected chi connectivity index (χ2v) is 3.75. The maximum absolute atomic E-state index is 11.6. The van der Waals surface area contributed by atoms with Crippen LogP contribution in [0.1, 0.15) is 15.9 Å². The van der Waals surface area contributed by atoms with Crippen LogP contribution in [-0.2, 0) is 7.05 Å². The average Bonchev–Trinajstić information content (AvgIpc) is 2.56. The maximum Gasteiger partial charge on any atom is 0.178 e. The van der Waals surface area contributed by atoms with E-state index in [1.54, 1.807) is 0 Å². The minimum Gasteiger partial charge on any atom is -0.350 e. The highest BCUT2D eigenvalue weighted by Crippen LogP contribution is 2.23. The topological polar surface area (TPSA) is 48.0 Å². The molecule has 1 aromatic carbocycles. The molecule has 1 aromatic heterocycles. The minimum atomic E-state index is -0.00815. The summed E-state index contributed by atoms with van der Waals surface area (Å²) in [6.45, 7) is 2.10. The molecule has 15 heavy (non-hydrogen) atoms. The molecule has 1 heterocycles. The Morgan fingerprint density at radius 1 is 1.47 bits per heavy atom. The van der Waals surface area contributed by atoms with Crippen molar-refractivity contribution in [3.8, 4) is 0 Å². The molecule has 0 spiro atoms. The Bertz CT molecular complexity index is 526. The van der Waals surface area contributed by atoms with Crippen molar-refractivity contribution in [3.05, 3.63) is 35.5 Å². The van der Waals surface area contributed by atoms with Gasteiger partial charge in [0.1, 0.15) is 0 Å². The van der Waals surface area contributed by atoms with Crippen LogP contribution in [0.3, 0.4) is 0 Å².